The van der Waals surface area contributed by atoms with Crippen molar-refractivity contribution < 1.29 is 4.79 Å². The van der Waals surface area contributed by atoms with Gasteiger partial charge in [-0.25, -0.2) is 9.97 Å². The zero-order chi connectivity index (χ0) is 17.2. The fourth-order valence-corrected chi connectivity index (χ4v) is 3.09. The van der Waals surface area contributed by atoms with Crippen LogP contribution in [0.25, 0.3) is 22.3 Å². The molecule has 5 heteroatoms. The molecule has 4 nitrogen and oxygen atoms in total. The molecule has 2 heterocycles. The van der Waals surface area contributed by atoms with Crippen molar-refractivity contribution in [1.29, 1.82) is 0 Å². The number of rotatable bonds is 4. The number of hydrogen-bond acceptors (Lipinski definition) is 4. The lowest BCUT2D eigenvalue weighted by atomic mass is 10.1. The van der Waals surface area contributed by atoms with Crippen LogP contribution in [-0.4, -0.2) is 20.3 Å². The molecule has 4 aromatic rings. The average molecular weight is 345 g/mol. The predicted molar refractivity (Wildman–Crippen MR) is 101 cm³/mol. The van der Waals surface area contributed by atoms with E-state index in [9.17, 15) is 4.79 Å². The van der Waals surface area contributed by atoms with Gasteiger partial charge in [0.25, 0.3) is 0 Å². The molecular weight excluding hydrogens is 330 g/mol. The molecule has 0 aliphatic rings. The highest BCUT2D eigenvalue weighted by molar-refractivity contribution is 7.80. The van der Waals surface area contributed by atoms with E-state index in [4.69, 9.17) is 0 Å². The van der Waals surface area contributed by atoms with E-state index in [1.165, 1.54) is 0 Å². The van der Waals surface area contributed by atoms with E-state index in [1.54, 1.807) is 10.6 Å². The van der Waals surface area contributed by atoms with Gasteiger partial charge in [0.1, 0.15) is 5.69 Å². The van der Waals surface area contributed by atoms with Gasteiger partial charge in [-0.05, 0) is 24.3 Å². The van der Waals surface area contributed by atoms with Crippen molar-refractivity contribution in [3.05, 3.63) is 78.5 Å². The van der Waals surface area contributed by atoms with Crippen LogP contribution in [0.15, 0.2) is 78.0 Å². The number of aromatic nitrogens is 3. The number of benzene rings is 2. The van der Waals surface area contributed by atoms with Crippen LogP contribution in [-0.2, 0) is 6.54 Å². The maximum absolute atomic E-state index is 12.7. The lowest BCUT2D eigenvalue weighted by Crippen LogP contribution is -2.12. The Morgan fingerprint density at radius 2 is 1.64 bits per heavy atom. The van der Waals surface area contributed by atoms with E-state index in [0.29, 0.717) is 10.9 Å². The fraction of sp³-hybridized carbons (Fsp3) is 0.0500. The van der Waals surface area contributed by atoms with Gasteiger partial charge in [-0.2, -0.15) is 0 Å². The van der Waals surface area contributed by atoms with Crippen LogP contribution in [0.2, 0.25) is 0 Å². The Labute approximate surface area is 150 Å². The van der Waals surface area contributed by atoms with Crippen LogP contribution in [0, 0.1) is 0 Å². The topological polar surface area (TPSA) is 47.8 Å². The van der Waals surface area contributed by atoms with E-state index in [1.807, 2.05) is 66.7 Å². The number of fused-ring (bicyclic) bond motifs is 1. The summed E-state index contributed by atoms with van der Waals surface area (Å²) < 4.78 is 1.80. The molecule has 0 spiro atoms. The first kappa shape index (κ1) is 15.6. The summed E-state index contributed by atoms with van der Waals surface area (Å²) in [6.07, 6.45) is 0. The molecule has 0 N–H and O–H groups in total. The minimum atomic E-state index is -0.0729. The second-order valence-electron chi connectivity index (χ2n) is 5.68. The van der Waals surface area contributed by atoms with Crippen molar-refractivity contribution in [1.82, 2.24) is 14.5 Å². The number of carbonyl (C=O) groups is 1. The largest absolute Gasteiger partial charge is 0.311 e. The van der Waals surface area contributed by atoms with Gasteiger partial charge in [-0.15, -0.1) is 12.6 Å². The van der Waals surface area contributed by atoms with Gasteiger partial charge in [0.05, 0.1) is 23.3 Å². The number of thiol groups is 1. The molecule has 4 rings (SSSR count). The Hall–Kier alpha value is -2.92. The van der Waals surface area contributed by atoms with Crippen LogP contribution < -0.4 is 0 Å². The molecule has 0 saturated heterocycles. The quantitative estimate of drug-likeness (QED) is 0.444. The summed E-state index contributed by atoms with van der Waals surface area (Å²) in [5, 5.41) is 0.522. The smallest absolute Gasteiger partial charge is 0.200 e. The fourth-order valence-electron chi connectivity index (χ4n) is 2.80. The molecule has 0 saturated carbocycles. The summed E-state index contributed by atoms with van der Waals surface area (Å²) in [6, 6.07) is 23.0. The highest BCUT2D eigenvalue weighted by Gasteiger charge is 2.14. The maximum atomic E-state index is 12.7. The number of carbonyl (C=O) groups excluding carboxylic acids is 1. The summed E-state index contributed by atoms with van der Waals surface area (Å²) in [5.74, 6) is -0.0729. The van der Waals surface area contributed by atoms with Gasteiger partial charge in [-0.3, -0.25) is 4.79 Å². The van der Waals surface area contributed by atoms with Gasteiger partial charge < -0.3 is 4.57 Å². The SMILES string of the molecule is O=C(Cn1c(S)nc2ccccc21)c1cccc(-c2ccccc2)n1. The van der Waals surface area contributed by atoms with Crippen molar-refractivity contribution in [2.45, 2.75) is 11.7 Å². The Morgan fingerprint density at radius 3 is 2.48 bits per heavy atom. The lowest BCUT2D eigenvalue weighted by Gasteiger charge is -2.07. The minimum Gasteiger partial charge on any atom is -0.311 e. The monoisotopic (exact) mass is 345 g/mol. The van der Waals surface area contributed by atoms with E-state index in [0.717, 1.165) is 22.3 Å². The van der Waals surface area contributed by atoms with Gasteiger partial charge in [0, 0.05) is 5.56 Å². The third-order valence-corrected chi connectivity index (χ3v) is 4.38. The number of pyridine rings is 1. The maximum Gasteiger partial charge on any atom is 0.200 e. The Bertz CT molecular complexity index is 1060. The minimum absolute atomic E-state index is 0.0729. The zero-order valence-electron chi connectivity index (χ0n) is 13.3. The second kappa shape index (κ2) is 6.53. The molecule has 0 radical (unpaired) electrons. The molecule has 0 aliphatic heterocycles. The third-order valence-electron chi connectivity index (χ3n) is 4.04. The number of Topliss-reactive ketones (excluding diaryl/α,β-unsaturated/α-hetero) is 1. The molecule has 0 amide bonds. The van der Waals surface area contributed by atoms with Crippen LogP contribution in [0.4, 0.5) is 0 Å². The van der Waals surface area contributed by atoms with Crippen molar-refractivity contribution in [3.8, 4) is 11.3 Å². The molecular formula is C20H15N3OS. The Kier molecular flexibility index (Phi) is 4.07. The highest BCUT2D eigenvalue weighted by Crippen LogP contribution is 2.20. The highest BCUT2D eigenvalue weighted by atomic mass is 32.1. The molecule has 122 valence electrons. The van der Waals surface area contributed by atoms with E-state index < -0.39 is 0 Å². The number of imidazole rings is 1. The van der Waals surface area contributed by atoms with Crippen molar-refractivity contribution >= 4 is 29.4 Å². The van der Waals surface area contributed by atoms with E-state index in [2.05, 4.69) is 22.6 Å². The van der Waals surface area contributed by atoms with Gasteiger partial charge in [0.15, 0.2) is 5.16 Å². The average Bonchev–Trinajstić information content (AvgIpc) is 2.98. The zero-order valence-corrected chi connectivity index (χ0v) is 14.2. The van der Waals surface area contributed by atoms with Gasteiger partial charge in [0.2, 0.25) is 5.78 Å². The first-order valence-electron chi connectivity index (χ1n) is 7.92. The van der Waals surface area contributed by atoms with Crippen LogP contribution in [0.3, 0.4) is 0 Å². The molecule has 0 bridgehead atoms. The molecule has 2 aromatic heterocycles. The first-order valence-corrected chi connectivity index (χ1v) is 8.37. The first-order chi connectivity index (χ1) is 12.2. The van der Waals surface area contributed by atoms with E-state index in [-0.39, 0.29) is 12.3 Å². The van der Waals surface area contributed by atoms with Gasteiger partial charge in [-0.1, -0.05) is 48.5 Å². The third kappa shape index (κ3) is 3.06. The Morgan fingerprint density at radius 1 is 0.880 bits per heavy atom. The number of ketones is 1. The lowest BCUT2D eigenvalue weighted by molar-refractivity contribution is 0.0966. The van der Waals surface area contributed by atoms with Crippen molar-refractivity contribution in [2.75, 3.05) is 0 Å². The molecule has 25 heavy (non-hydrogen) atoms. The van der Waals surface area contributed by atoms with Crippen molar-refractivity contribution in [3.63, 3.8) is 0 Å². The summed E-state index contributed by atoms with van der Waals surface area (Å²) in [5.41, 5.74) is 3.92. The molecule has 0 fully saturated rings. The Balaban J connectivity index is 1.66. The number of nitrogens with zero attached hydrogens (tertiary/aromatic N) is 3. The molecule has 0 unspecified atom stereocenters. The summed E-state index contributed by atoms with van der Waals surface area (Å²) in [6.45, 7) is 0.157. The van der Waals surface area contributed by atoms with Crippen LogP contribution >= 0.6 is 12.6 Å². The molecule has 2 aromatic carbocycles. The molecule has 0 atom stereocenters. The summed E-state index contributed by atoms with van der Waals surface area (Å²) in [7, 11) is 0. The van der Waals surface area contributed by atoms with Crippen LogP contribution in [0.5, 0.6) is 0 Å². The van der Waals surface area contributed by atoms with Crippen LogP contribution in [0.1, 0.15) is 10.5 Å². The summed E-state index contributed by atoms with van der Waals surface area (Å²) >= 11 is 4.40. The van der Waals surface area contributed by atoms with E-state index >= 15 is 0 Å². The normalized spacial score (nSPS) is 10.9. The predicted octanol–water partition coefficient (Wildman–Crippen LogP) is 4.27. The number of para-hydroxylation sites is 2. The van der Waals surface area contributed by atoms with Crippen molar-refractivity contribution in [2.24, 2.45) is 0 Å². The summed E-state index contributed by atoms with van der Waals surface area (Å²) in [4.78, 5) is 21.7. The number of hydrogen-bond donors (Lipinski definition) is 1. The molecule has 0 aliphatic carbocycles. The van der Waals surface area contributed by atoms with Gasteiger partial charge >= 0.3 is 0 Å². The second-order valence-corrected chi connectivity index (χ2v) is 6.08. The standard InChI is InChI=1S/C20H15N3OS/c24-19(13-23-18-12-5-4-9-16(18)22-20(23)25)17-11-6-10-15(21-17)14-7-2-1-3-8-14/h1-12H,13H2,(H,22,25).